The van der Waals surface area contributed by atoms with E-state index < -0.39 is 5.97 Å². The second-order valence-electron chi connectivity index (χ2n) is 10.9. The van der Waals surface area contributed by atoms with Gasteiger partial charge >= 0.3 is 5.97 Å². The SMILES string of the molecule is C=C(C)C(=O)Oc1ccc(N(c2ccccc2)c2ccc(-c3ccc(N(c4ccccc4)c4ccc(C)cc4)cc3)cc2)cc1. The fourth-order valence-electron chi connectivity index (χ4n) is 5.21. The van der Waals surface area contributed by atoms with Gasteiger partial charge in [-0.3, -0.25) is 0 Å². The first-order valence-corrected chi connectivity index (χ1v) is 14.9. The summed E-state index contributed by atoms with van der Waals surface area (Å²) in [5.74, 6) is 0.0426. The summed E-state index contributed by atoms with van der Waals surface area (Å²) >= 11 is 0. The molecule has 6 aromatic rings. The van der Waals surface area contributed by atoms with Gasteiger partial charge in [0.15, 0.2) is 0 Å². The maximum Gasteiger partial charge on any atom is 0.338 e. The van der Waals surface area contributed by atoms with E-state index in [1.54, 1.807) is 19.1 Å². The van der Waals surface area contributed by atoms with E-state index in [4.69, 9.17) is 4.74 Å². The van der Waals surface area contributed by atoms with E-state index >= 15 is 0 Å². The second-order valence-corrected chi connectivity index (χ2v) is 10.9. The molecule has 0 heterocycles. The molecule has 0 radical (unpaired) electrons. The van der Waals surface area contributed by atoms with Gasteiger partial charge in [-0.05, 0) is 110 Å². The van der Waals surface area contributed by atoms with Gasteiger partial charge in [-0.15, -0.1) is 0 Å². The third-order valence-corrected chi connectivity index (χ3v) is 7.56. The molecule has 0 atom stereocenters. The fourth-order valence-corrected chi connectivity index (χ4v) is 5.21. The minimum absolute atomic E-state index is 0.361. The highest BCUT2D eigenvalue weighted by atomic mass is 16.5. The van der Waals surface area contributed by atoms with Gasteiger partial charge in [0.2, 0.25) is 0 Å². The number of rotatable bonds is 9. The van der Waals surface area contributed by atoms with Crippen LogP contribution in [0.1, 0.15) is 12.5 Å². The first kappa shape index (κ1) is 29.2. The predicted molar refractivity (Wildman–Crippen MR) is 186 cm³/mol. The molecule has 0 fully saturated rings. The first-order chi connectivity index (χ1) is 22.0. The van der Waals surface area contributed by atoms with Crippen molar-refractivity contribution < 1.29 is 9.53 Å². The monoisotopic (exact) mass is 586 g/mol. The number of carbonyl (C=O) groups excluding carboxylic acids is 1. The van der Waals surface area contributed by atoms with Crippen LogP contribution in [-0.2, 0) is 4.79 Å². The second kappa shape index (κ2) is 13.2. The number of esters is 1. The molecule has 0 aliphatic rings. The number of hydrogen-bond acceptors (Lipinski definition) is 4. The van der Waals surface area contributed by atoms with Crippen LogP contribution in [-0.4, -0.2) is 5.97 Å². The molecule has 220 valence electrons. The quantitative estimate of drug-likeness (QED) is 0.0958. The van der Waals surface area contributed by atoms with E-state index in [1.165, 1.54) is 5.56 Å². The van der Waals surface area contributed by atoms with Crippen LogP contribution in [0, 0.1) is 6.92 Å². The number of benzene rings is 6. The molecular weight excluding hydrogens is 552 g/mol. The molecule has 4 nitrogen and oxygen atoms in total. The Morgan fingerprint density at radius 2 is 0.822 bits per heavy atom. The van der Waals surface area contributed by atoms with E-state index in [0.29, 0.717) is 11.3 Å². The molecule has 0 aliphatic heterocycles. The van der Waals surface area contributed by atoms with Crippen molar-refractivity contribution in [2.45, 2.75) is 13.8 Å². The van der Waals surface area contributed by atoms with Crippen molar-refractivity contribution in [3.63, 3.8) is 0 Å². The van der Waals surface area contributed by atoms with Crippen LogP contribution in [0.25, 0.3) is 11.1 Å². The van der Waals surface area contributed by atoms with E-state index in [1.807, 2.05) is 36.4 Å². The summed E-state index contributed by atoms with van der Waals surface area (Å²) in [6.07, 6.45) is 0. The van der Waals surface area contributed by atoms with Crippen molar-refractivity contribution in [2.24, 2.45) is 0 Å². The van der Waals surface area contributed by atoms with Crippen molar-refractivity contribution in [3.05, 3.63) is 175 Å². The van der Waals surface area contributed by atoms with Crippen LogP contribution in [0.4, 0.5) is 34.1 Å². The third kappa shape index (κ3) is 6.71. The average Bonchev–Trinajstić information content (AvgIpc) is 3.08. The number of hydrogen-bond donors (Lipinski definition) is 0. The molecule has 0 N–H and O–H groups in total. The summed E-state index contributed by atoms with van der Waals surface area (Å²) < 4.78 is 5.40. The van der Waals surface area contributed by atoms with E-state index in [0.717, 1.165) is 45.3 Å². The Kier molecular flexibility index (Phi) is 8.56. The Morgan fingerprint density at radius 3 is 1.20 bits per heavy atom. The number of nitrogens with zero attached hydrogens (tertiary/aromatic N) is 2. The van der Waals surface area contributed by atoms with E-state index in [-0.39, 0.29) is 0 Å². The lowest BCUT2D eigenvalue weighted by Crippen LogP contribution is -2.11. The maximum atomic E-state index is 12.0. The molecule has 0 saturated heterocycles. The van der Waals surface area contributed by atoms with Gasteiger partial charge in [0.25, 0.3) is 0 Å². The minimum Gasteiger partial charge on any atom is -0.423 e. The summed E-state index contributed by atoms with van der Waals surface area (Å²) in [4.78, 5) is 16.4. The molecule has 6 rings (SSSR count). The zero-order valence-electron chi connectivity index (χ0n) is 25.4. The number of carbonyl (C=O) groups is 1. The topological polar surface area (TPSA) is 32.8 Å². The maximum absolute atomic E-state index is 12.0. The predicted octanol–water partition coefficient (Wildman–Crippen LogP) is 11.1. The zero-order valence-corrected chi connectivity index (χ0v) is 25.4. The van der Waals surface area contributed by atoms with E-state index in [9.17, 15) is 4.79 Å². The van der Waals surface area contributed by atoms with Crippen LogP contribution < -0.4 is 14.5 Å². The van der Waals surface area contributed by atoms with Crippen LogP contribution in [0.2, 0.25) is 0 Å². The van der Waals surface area contributed by atoms with Gasteiger partial charge in [0.05, 0.1) is 0 Å². The fraction of sp³-hybridized carbons (Fsp3) is 0.0488. The Morgan fingerprint density at radius 1 is 0.489 bits per heavy atom. The van der Waals surface area contributed by atoms with Gasteiger partial charge in [-0.2, -0.15) is 0 Å². The van der Waals surface area contributed by atoms with Gasteiger partial charge in [-0.1, -0.05) is 84.9 Å². The normalized spacial score (nSPS) is 10.6. The van der Waals surface area contributed by atoms with Crippen LogP contribution in [0.15, 0.2) is 170 Å². The highest BCUT2D eigenvalue weighted by Crippen LogP contribution is 2.38. The lowest BCUT2D eigenvalue weighted by atomic mass is 10.0. The molecule has 45 heavy (non-hydrogen) atoms. The summed E-state index contributed by atoms with van der Waals surface area (Å²) in [7, 11) is 0. The van der Waals surface area contributed by atoms with Crippen molar-refractivity contribution in [1.82, 2.24) is 0 Å². The van der Waals surface area contributed by atoms with Gasteiger partial charge in [0.1, 0.15) is 5.75 Å². The van der Waals surface area contributed by atoms with Crippen molar-refractivity contribution >= 4 is 40.1 Å². The standard InChI is InChI=1S/C41H34N2O2/c1-30(2)41(44)45-40-28-26-39(27-29-40)43(35-12-8-5-9-13-35)38-24-18-33(19-25-38)32-16-22-37(23-17-32)42(34-10-6-4-7-11-34)36-20-14-31(3)15-21-36/h4-29H,1H2,2-3H3. The summed E-state index contributed by atoms with van der Waals surface area (Å²) in [6, 6.07) is 54.0. The summed E-state index contributed by atoms with van der Waals surface area (Å²) in [5.41, 5.74) is 10.2. The van der Waals surface area contributed by atoms with Crippen molar-refractivity contribution in [2.75, 3.05) is 9.80 Å². The molecule has 0 amide bonds. The first-order valence-electron chi connectivity index (χ1n) is 14.9. The number of para-hydroxylation sites is 2. The van der Waals surface area contributed by atoms with Crippen molar-refractivity contribution in [1.29, 1.82) is 0 Å². The molecule has 0 unspecified atom stereocenters. The smallest absolute Gasteiger partial charge is 0.338 e. The van der Waals surface area contributed by atoms with Gasteiger partial charge in [-0.25, -0.2) is 4.79 Å². The lowest BCUT2D eigenvalue weighted by Gasteiger charge is -2.26. The molecule has 0 aromatic heterocycles. The summed E-state index contributed by atoms with van der Waals surface area (Å²) in [5, 5.41) is 0. The Balaban J connectivity index is 1.28. The van der Waals surface area contributed by atoms with Crippen molar-refractivity contribution in [3.8, 4) is 16.9 Å². The Bertz CT molecular complexity index is 1880. The molecule has 6 aromatic carbocycles. The van der Waals surface area contributed by atoms with Gasteiger partial charge in [0, 0.05) is 39.7 Å². The average molecular weight is 587 g/mol. The van der Waals surface area contributed by atoms with Crippen LogP contribution >= 0.6 is 0 Å². The largest absolute Gasteiger partial charge is 0.423 e. The van der Waals surface area contributed by atoms with E-state index in [2.05, 4.69) is 132 Å². The molecule has 0 spiro atoms. The van der Waals surface area contributed by atoms with Gasteiger partial charge < -0.3 is 14.5 Å². The van der Waals surface area contributed by atoms with Crippen LogP contribution in [0.3, 0.4) is 0 Å². The minimum atomic E-state index is -0.436. The number of ether oxygens (including phenoxy) is 1. The molecule has 4 heteroatoms. The number of anilines is 6. The lowest BCUT2D eigenvalue weighted by molar-refractivity contribution is -0.130. The molecular formula is C41H34N2O2. The highest BCUT2D eigenvalue weighted by Gasteiger charge is 2.15. The Hall–Kier alpha value is -5.87. The molecule has 0 saturated carbocycles. The number of aryl methyl sites for hydroxylation is 1. The third-order valence-electron chi connectivity index (χ3n) is 7.56. The highest BCUT2D eigenvalue weighted by molar-refractivity contribution is 5.89. The zero-order chi connectivity index (χ0) is 31.2. The van der Waals surface area contributed by atoms with Crippen LogP contribution in [0.5, 0.6) is 5.75 Å². The summed E-state index contributed by atoms with van der Waals surface area (Å²) in [6.45, 7) is 7.40. The molecule has 0 aliphatic carbocycles. The molecule has 0 bridgehead atoms. The Labute approximate surface area is 265 Å².